The number of nitrogens with one attached hydrogen (secondary N) is 1. The van der Waals surface area contributed by atoms with Crippen molar-refractivity contribution in [1.82, 2.24) is 15.1 Å². The predicted octanol–water partition coefficient (Wildman–Crippen LogP) is 2.82. The Morgan fingerprint density at radius 3 is 2.48 bits per heavy atom. The van der Waals surface area contributed by atoms with Crippen molar-refractivity contribution in [3.63, 3.8) is 0 Å². The van der Waals surface area contributed by atoms with Gasteiger partial charge in [0.25, 0.3) is 0 Å². The van der Waals surface area contributed by atoms with Crippen LogP contribution in [0, 0.1) is 11.3 Å². The van der Waals surface area contributed by atoms with Gasteiger partial charge in [0, 0.05) is 37.8 Å². The van der Waals surface area contributed by atoms with E-state index >= 15 is 0 Å². The summed E-state index contributed by atoms with van der Waals surface area (Å²) in [5, 5.41) is 3.75. The molecule has 1 saturated carbocycles. The second-order valence-electron chi connectivity index (χ2n) is 8.80. The zero-order valence-electron chi connectivity index (χ0n) is 15.2. The minimum absolute atomic E-state index is 0.316. The molecule has 1 aliphatic heterocycles. The van der Waals surface area contributed by atoms with E-state index in [1.807, 2.05) is 0 Å². The first-order valence-electron chi connectivity index (χ1n) is 8.90. The van der Waals surface area contributed by atoms with E-state index in [1.165, 1.54) is 45.4 Å². The number of nitrogens with zero attached hydrogens (tertiary/aromatic N) is 2. The first-order chi connectivity index (χ1) is 9.73. The summed E-state index contributed by atoms with van der Waals surface area (Å²) in [4.78, 5) is 5.23. The van der Waals surface area contributed by atoms with Crippen LogP contribution in [-0.4, -0.2) is 61.2 Å². The van der Waals surface area contributed by atoms with Gasteiger partial charge in [-0.25, -0.2) is 0 Å². The van der Waals surface area contributed by atoms with E-state index in [-0.39, 0.29) is 0 Å². The number of hydrogen-bond donors (Lipinski definition) is 1. The fourth-order valence-electron chi connectivity index (χ4n) is 4.29. The third-order valence-corrected chi connectivity index (χ3v) is 5.87. The van der Waals surface area contributed by atoms with Gasteiger partial charge in [-0.15, -0.1) is 0 Å². The first-order valence-corrected chi connectivity index (χ1v) is 8.90. The summed E-state index contributed by atoms with van der Waals surface area (Å²) in [5.74, 6) is 0.813. The Labute approximate surface area is 132 Å². The van der Waals surface area contributed by atoms with Crippen LogP contribution in [0.2, 0.25) is 0 Å². The van der Waals surface area contributed by atoms with Crippen molar-refractivity contribution in [3.8, 4) is 0 Å². The lowest BCUT2D eigenvalue weighted by atomic mass is 9.69. The van der Waals surface area contributed by atoms with Gasteiger partial charge in [-0.05, 0) is 58.0 Å². The summed E-state index contributed by atoms with van der Waals surface area (Å²) in [7, 11) is 2.27. The molecule has 21 heavy (non-hydrogen) atoms. The van der Waals surface area contributed by atoms with E-state index in [2.05, 4.69) is 56.8 Å². The summed E-state index contributed by atoms with van der Waals surface area (Å²) in [5.41, 5.74) is 0.842. The van der Waals surface area contributed by atoms with Gasteiger partial charge in [0.15, 0.2) is 0 Å². The van der Waals surface area contributed by atoms with Crippen LogP contribution in [0.1, 0.15) is 53.9 Å². The monoisotopic (exact) mass is 295 g/mol. The van der Waals surface area contributed by atoms with Crippen molar-refractivity contribution in [1.29, 1.82) is 0 Å². The normalized spacial score (nSPS) is 34.0. The van der Waals surface area contributed by atoms with Crippen LogP contribution in [0.5, 0.6) is 0 Å². The van der Waals surface area contributed by atoms with Gasteiger partial charge in [-0.1, -0.05) is 20.8 Å². The largest absolute Gasteiger partial charge is 0.314 e. The van der Waals surface area contributed by atoms with Crippen molar-refractivity contribution in [2.75, 3.05) is 39.8 Å². The third-order valence-electron chi connectivity index (χ3n) is 5.87. The Morgan fingerprint density at radius 2 is 1.86 bits per heavy atom. The molecule has 0 aromatic carbocycles. The van der Waals surface area contributed by atoms with Gasteiger partial charge in [-0.3, -0.25) is 9.80 Å². The highest BCUT2D eigenvalue weighted by Crippen LogP contribution is 2.39. The molecule has 2 rings (SSSR count). The second kappa shape index (κ2) is 6.55. The molecular weight excluding hydrogens is 258 g/mol. The number of piperazine rings is 1. The predicted molar refractivity (Wildman–Crippen MR) is 91.7 cm³/mol. The Morgan fingerprint density at radius 1 is 1.14 bits per heavy atom. The molecule has 0 spiro atoms. The van der Waals surface area contributed by atoms with E-state index in [0.29, 0.717) is 11.0 Å². The maximum atomic E-state index is 3.75. The summed E-state index contributed by atoms with van der Waals surface area (Å²) >= 11 is 0. The Hall–Kier alpha value is -0.120. The Kier molecular flexibility index (Phi) is 5.38. The highest BCUT2D eigenvalue weighted by Gasteiger charge is 2.37. The Bertz CT molecular complexity index is 337. The molecule has 2 atom stereocenters. The van der Waals surface area contributed by atoms with Gasteiger partial charge in [0.1, 0.15) is 0 Å². The molecule has 1 heterocycles. The molecule has 1 N–H and O–H groups in total. The molecule has 2 aliphatic rings. The van der Waals surface area contributed by atoms with E-state index in [1.54, 1.807) is 0 Å². The van der Waals surface area contributed by atoms with Crippen LogP contribution in [0.25, 0.3) is 0 Å². The zero-order chi connectivity index (χ0) is 15.7. The molecule has 0 aromatic heterocycles. The quantitative estimate of drug-likeness (QED) is 0.860. The van der Waals surface area contributed by atoms with Crippen LogP contribution in [0.15, 0.2) is 0 Å². The average Bonchev–Trinajstić information content (AvgIpc) is 2.36. The summed E-state index contributed by atoms with van der Waals surface area (Å²) in [6.07, 6.45) is 4.09. The van der Waals surface area contributed by atoms with Gasteiger partial charge >= 0.3 is 0 Å². The van der Waals surface area contributed by atoms with Gasteiger partial charge in [0.05, 0.1) is 0 Å². The molecular formula is C18H37N3. The molecule has 2 unspecified atom stereocenters. The molecule has 0 radical (unpaired) electrons. The van der Waals surface area contributed by atoms with E-state index in [4.69, 9.17) is 0 Å². The topological polar surface area (TPSA) is 18.5 Å². The highest BCUT2D eigenvalue weighted by atomic mass is 15.3. The molecule has 0 bridgehead atoms. The summed E-state index contributed by atoms with van der Waals surface area (Å²) < 4.78 is 0. The second-order valence-corrected chi connectivity index (χ2v) is 8.80. The molecule has 2 fully saturated rings. The average molecular weight is 296 g/mol. The SMILES string of the molecule is CCNC1CCC(C)(C)CC1CN1CCN(C)C(C)(C)C1. The minimum Gasteiger partial charge on any atom is -0.314 e. The fraction of sp³-hybridized carbons (Fsp3) is 1.00. The maximum Gasteiger partial charge on any atom is 0.0277 e. The van der Waals surface area contributed by atoms with E-state index < -0.39 is 0 Å². The van der Waals surface area contributed by atoms with Crippen LogP contribution in [0.3, 0.4) is 0 Å². The Balaban J connectivity index is 1.98. The van der Waals surface area contributed by atoms with Crippen LogP contribution in [0.4, 0.5) is 0 Å². The zero-order valence-corrected chi connectivity index (χ0v) is 15.2. The molecule has 0 aromatic rings. The lowest BCUT2D eigenvalue weighted by Gasteiger charge is -2.48. The van der Waals surface area contributed by atoms with Crippen molar-refractivity contribution >= 4 is 0 Å². The lowest BCUT2D eigenvalue weighted by Crippen LogP contribution is -2.59. The van der Waals surface area contributed by atoms with Crippen LogP contribution >= 0.6 is 0 Å². The molecule has 1 aliphatic carbocycles. The van der Waals surface area contributed by atoms with Gasteiger partial charge < -0.3 is 5.32 Å². The minimum atomic E-state index is 0.316. The molecule has 3 nitrogen and oxygen atoms in total. The van der Waals surface area contributed by atoms with Crippen LogP contribution in [-0.2, 0) is 0 Å². The van der Waals surface area contributed by atoms with Crippen molar-refractivity contribution in [2.24, 2.45) is 11.3 Å². The van der Waals surface area contributed by atoms with Crippen molar-refractivity contribution in [3.05, 3.63) is 0 Å². The van der Waals surface area contributed by atoms with Gasteiger partial charge in [0.2, 0.25) is 0 Å². The molecule has 3 heteroatoms. The van der Waals surface area contributed by atoms with Crippen molar-refractivity contribution in [2.45, 2.75) is 65.5 Å². The molecule has 1 saturated heterocycles. The highest BCUT2D eigenvalue weighted by molar-refractivity contribution is 4.93. The number of likely N-dealkylation sites (N-methyl/N-ethyl adjacent to an activating group) is 1. The van der Waals surface area contributed by atoms with E-state index in [0.717, 1.165) is 18.5 Å². The van der Waals surface area contributed by atoms with Gasteiger partial charge in [-0.2, -0.15) is 0 Å². The smallest absolute Gasteiger partial charge is 0.0277 e. The van der Waals surface area contributed by atoms with E-state index in [9.17, 15) is 0 Å². The molecule has 0 amide bonds. The fourth-order valence-corrected chi connectivity index (χ4v) is 4.29. The van der Waals surface area contributed by atoms with Crippen molar-refractivity contribution < 1.29 is 0 Å². The summed E-state index contributed by atoms with van der Waals surface area (Å²) in [6, 6.07) is 0.728. The maximum absolute atomic E-state index is 3.75. The lowest BCUT2D eigenvalue weighted by molar-refractivity contribution is 0.0160. The molecule has 124 valence electrons. The number of hydrogen-bond acceptors (Lipinski definition) is 3. The first kappa shape index (κ1) is 17.2. The summed E-state index contributed by atoms with van der Waals surface area (Å²) in [6.45, 7) is 17.9. The standard InChI is InChI=1S/C18H37N3/c1-7-19-16-8-9-17(2,3)12-15(16)13-21-11-10-20(6)18(4,5)14-21/h15-16,19H,7-14H2,1-6H3. The van der Waals surface area contributed by atoms with Crippen LogP contribution < -0.4 is 5.32 Å². The third kappa shape index (κ3) is 4.43. The number of rotatable bonds is 4.